The van der Waals surface area contributed by atoms with E-state index < -0.39 is 0 Å². The van der Waals surface area contributed by atoms with Crippen molar-refractivity contribution < 1.29 is 0 Å². The van der Waals surface area contributed by atoms with Crippen LogP contribution in [0.1, 0.15) is 0 Å². The number of benzene rings is 1. The van der Waals surface area contributed by atoms with Crippen LogP contribution in [0.5, 0.6) is 0 Å². The lowest BCUT2D eigenvalue weighted by atomic mass is 10.3. The second-order valence-corrected chi connectivity index (χ2v) is 3.99. The zero-order valence-electron chi connectivity index (χ0n) is 5.74. The molecule has 0 amide bonds. The fourth-order valence-electron chi connectivity index (χ4n) is 1.03. The van der Waals surface area contributed by atoms with E-state index in [0.29, 0.717) is 10.2 Å². The zero-order chi connectivity index (χ0) is 8.72. The topological polar surface area (TPSA) is 28.7 Å². The van der Waals surface area contributed by atoms with Crippen molar-refractivity contribution in [2.24, 2.45) is 0 Å². The Morgan fingerprint density at radius 3 is 2.83 bits per heavy atom. The maximum absolute atomic E-state index is 5.84. The molecule has 12 heavy (non-hydrogen) atoms. The Balaban J connectivity index is 2.93. The molecule has 1 N–H and O–H groups in total. The first-order chi connectivity index (χ1) is 5.68. The molecule has 1 heterocycles. The molecule has 0 aliphatic rings. The van der Waals surface area contributed by atoms with E-state index in [-0.39, 0.29) is 0 Å². The molecular weight excluding hydrogens is 263 g/mol. The molecule has 2 rings (SSSR count). The van der Waals surface area contributed by atoms with E-state index in [1.807, 2.05) is 0 Å². The van der Waals surface area contributed by atoms with E-state index in [9.17, 15) is 0 Å². The molecule has 0 atom stereocenters. The van der Waals surface area contributed by atoms with Crippen LogP contribution in [0.25, 0.3) is 10.9 Å². The van der Waals surface area contributed by atoms with Crippen LogP contribution in [0.3, 0.4) is 0 Å². The summed E-state index contributed by atoms with van der Waals surface area (Å²) < 4.78 is 0.851. The van der Waals surface area contributed by atoms with Crippen molar-refractivity contribution in [3.63, 3.8) is 0 Å². The lowest BCUT2D eigenvalue weighted by Crippen LogP contribution is -1.71. The largest absolute Gasteiger partial charge is 0.266 e. The molecule has 0 aliphatic carbocycles. The van der Waals surface area contributed by atoms with E-state index in [0.717, 1.165) is 15.4 Å². The van der Waals surface area contributed by atoms with Crippen LogP contribution < -0.4 is 0 Å². The summed E-state index contributed by atoms with van der Waals surface area (Å²) in [5, 5.41) is 8.66. The van der Waals surface area contributed by atoms with Crippen molar-refractivity contribution in [3.8, 4) is 0 Å². The molecule has 2 nitrogen and oxygen atoms in total. The summed E-state index contributed by atoms with van der Waals surface area (Å²) >= 11 is 15.0. The minimum atomic E-state index is 0.522. The third kappa shape index (κ3) is 1.22. The second kappa shape index (κ2) is 2.91. The molecule has 0 spiro atoms. The number of aromatic amines is 1. The van der Waals surface area contributed by atoms with Gasteiger partial charge in [-0.3, -0.25) is 5.10 Å². The Morgan fingerprint density at radius 2 is 2.08 bits per heavy atom. The zero-order valence-corrected chi connectivity index (χ0v) is 8.83. The maximum atomic E-state index is 5.84. The predicted octanol–water partition coefficient (Wildman–Crippen LogP) is 3.63. The van der Waals surface area contributed by atoms with Gasteiger partial charge in [0.1, 0.15) is 5.15 Å². The maximum Gasteiger partial charge on any atom is 0.133 e. The molecule has 0 fully saturated rings. The minimum Gasteiger partial charge on any atom is -0.266 e. The Kier molecular flexibility index (Phi) is 2.02. The third-order valence-corrected chi connectivity index (χ3v) is 2.65. The number of fused-ring (bicyclic) bond motifs is 1. The van der Waals surface area contributed by atoms with E-state index in [1.54, 1.807) is 12.1 Å². The number of hydrogen-bond donors (Lipinski definition) is 1. The Hall–Kier alpha value is -0.250. The number of rotatable bonds is 0. The van der Waals surface area contributed by atoms with Crippen molar-refractivity contribution in [1.82, 2.24) is 10.2 Å². The van der Waals surface area contributed by atoms with E-state index in [2.05, 4.69) is 26.1 Å². The average Bonchev–Trinajstić information content (AvgIpc) is 2.31. The van der Waals surface area contributed by atoms with Crippen molar-refractivity contribution >= 4 is 50.0 Å². The lowest BCUT2D eigenvalue weighted by molar-refractivity contribution is 1.12. The molecule has 1 aromatic carbocycles. The standard InChI is InChI=1S/C7H3BrCl2N2/c8-4-1-3(9)2-5-6(4)7(10)12-11-5/h1-2H,(H,11,12). The van der Waals surface area contributed by atoms with Crippen LogP contribution in [0.4, 0.5) is 0 Å². The molecule has 5 heteroatoms. The van der Waals surface area contributed by atoms with Crippen LogP contribution in [0.2, 0.25) is 10.2 Å². The fourth-order valence-corrected chi connectivity index (χ4v) is 2.38. The smallest absolute Gasteiger partial charge is 0.133 e. The molecule has 0 unspecified atom stereocenters. The number of halogens is 3. The van der Waals surface area contributed by atoms with E-state index >= 15 is 0 Å². The van der Waals surface area contributed by atoms with Gasteiger partial charge >= 0.3 is 0 Å². The third-order valence-electron chi connectivity index (χ3n) is 1.53. The Morgan fingerprint density at radius 1 is 1.33 bits per heavy atom. The Labute approximate surface area is 87.0 Å². The number of hydrogen-bond acceptors (Lipinski definition) is 1. The SMILES string of the molecule is Clc1cc(Br)c2c(Cl)[nH]nc2c1. The van der Waals surface area contributed by atoms with Gasteiger partial charge < -0.3 is 0 Å². The van der Waals surface area contributed by atoms with Crippen LogP contribution >= 0.6 is 39.1 Å². The van der Waals surface area contributed by atoms with Gasteiger partial charge in [-0.05, 0) is 28.1 Å². The van der Waals surface area contributed by atoms with Crippen LogP contribution in [0.15, 0.2) is 16.6 Å². The molecule has 0 aliphatic heterocycles. The van der Waals surface area contributed by atoms with E-state index in [4.69, 9.17) is 23.2 Å². The van der Waals surface area contributed by atoms with Crippen LogP contribution in [-0.2, 0) is 0 Å². The van der Waals surface area contributed by atoms with Gasteiger partial charge in [-0.15, -0.1) is 0 Å². The average molecular weight is 266 g/mol. The molecular formula is C7H3BrCl2N2. The van der Waals surface area contributed by atoms with Gasteiger partial charge in [0, 0.05) is 9.50 Å². The van der Waals surface area contributed by atoms with Crippen LogP contribution in [-0.4, -0.2) is 10.2 Å². The van der Waals surface area contributed by atoms with E-state index in [1.165, 1.54) is 0 Å². The molecule has 0 bridgehead atoms. The minimum absolute atomic E-state index is 0.522. The van der Waals surface area contributed by atoms with Gasteiger partial charge in [-0.25, -0.2) is 0 Å². The molecule has 0 radical (unpaired) electrons. The molecule has 0 saturated carbocycles. The highest BCUT2D eigenvalue weighted by Gasteiger charge is 2.07. The van der Waals surface area contributed by atoms with Crippen molar-refractivity contribution in [3.05, 3.63) is 26.8 Å². The van der Waals surface area contributed by atoms with Crippen molar-refractivity contribution in [2.75, 3.05) is 0 Å². The van der Waals surface area contributed by atoms with Gasteiger partial charge in [0.15, 0.2) is 0 Å². The monoisotopic (exact) mass is 264 g/mol. The first-order valence-electron chi connectivity index (χ1n) is 3.17. The number of nitrogens with one attached hydrogen (secondary N) is 1. The summed E-state index contributed by atoms with van der Waals surface area (Å²) in [6.07, 6.45) is 0. The quantitative estimate of drug-likeness (QED) is 0.774. The van der Waals surface area contributed by atoms with Crippen molar-refractivity contribution in [2.45, 2.75) is 0 Å². The summed E-state index contributed by atoms with van der Waals surface area (Å²) in [7, 11) is 0. The fraction of sp³-hybridized carbons (Fsp3) is 0. The first kappa shape index (κ1) is 8.35. The number of H-pyrrole nitrogens is 1. The summed E-state index contributed by atoms with van der Waals surface area (Å²) in [5.41, 5.74) is 0.763. The normalized spacial score (nSPS) is 10.9. The van der Waals surface area contributed by atoms with Crippen molar-refractivity contribution in [1.29, 1.82) is 0 Å². The predicted molar refractivity (Wildman–Crippen MR) is 53.8 cm³/mol. The van der Waals surface area contributed by atoms with Gasteiger partial charge in [0.2, 0.25) is 0 Å². The summed E-state index contributed by atoms with van der Waals surface area (Å²) in [5.74, 6) is 0. The van der Waals surface area contributed by atoms with Gasteiger partial charge in [0.25, 0.3) is 0 Å². The highest BCUT2D eigenvalue weighted by molar-refractivity contribution is 9.10. The first-order valence-corrected chi connectivity index (χ1v) is 4.72. The summed E-state index contributed by atoms with van der Waals surface area (Å²) in [6.45, 7) is 0. The van der Waals surface area contributed by atoms with Gasteiger partial charge in [-0.2, -0.15) is 5.10 Å². The lowest BCUT2D eigenvalue weighted by Gasteiger charge is -1.94. The highest BCUT2D eigenvalue weighted by Crippen LogP contribution is 2.31. The molecule has 0 saturated heterocycles. The molecule has 62 valence electrons. The Bertz CT molecular complexity index is 438. The molecule has 2 aromatic rings. The summed E-state index contributed by atoms with van der Waals surface area (Å²) in [4.78, 5) is 0. The highest BCUT2D eigenvalue weighted by atomic mass is 79.9. The van der Waals surface area contributed by atoms with Crippen LogP contribution in [0, 0.1) is 0 Å². The van der Waals surface area contributed by atoms with Gasteiger partial charge in [0.05, 0.1) is 10.9 Å². The second-order valence-electron chi connectivity index (χ2n) is 2.32. The van der Waals surface area contributed by atoms with Gasteiger partial charge in [-0.1, -0.05) is 23.2 Å². The summed E-state index contributed by atoms with van der Waals surface area (Å²) in [6, 6.07) is 3.54. The molecule has 1 aromatic heterocycles. The number of nitrogens with zero attached hydrogens (tertiary/aromatic N) is 1. The number of aromatic nitrogens is 2.